The first-order valence-electron chi connectivity index (χ1n) is 7.11. The number of nitrogens with one attached hydrogen (secondary N) is 1. The van der Waals surface area contributed by atoms with Crippen molar-refractivity contribution in [2.45, 2.75) is 38.3 Å². The number of rotatable bonds is 3. The maximum atomic E-state index is 6.04. The predicted octanol–water partition coefficient (Wildman–Crippen LogP) is 3.65. The van der Waals surface area contributed by atoms with Gasteiger partial charge in [0.05, 0.1) is 6.61 Å². The molecule has 19 heavy (non-hydrogen) atoms. The molecule has 0 amide bonds. The predicted molar refractivity (Wildman–Crippen MR) is 76.2 cm³/mol. The van der Waals surface area contributed by atoms with Crippen LogP contribution in [-0.4, -0.2) is 18.7 Å². The summed E-state index contributed by atoms with van der Waals surface area (Å²) in [6, 6.07) is 10.2. The lowest BCUT2D eigenvalue weighted by atomic mass is 9.92. The van der Waals surface area contributed by atoms with Crippen molar-refractivity contribution in [1.82, 2.24) is 5.32 Å². The number of hydrogen-bond donors (Lipinski definition) is 1. The average Bonchev–Trinajstić information content (AvgIpc) is 2.91. The lowest BCUT2D eigenvalue weighted by molar-refractivity contribution is -0.0458. The van der Waals surface area contributed by atoms with E-state index in [2.05, 4.69) is 31.3 Å². The van der Waals surface area contributed by atoms with Crippen LogP contribution in [0.2, 0.25) is 0 Å². The highest BCUT2D eigenvalue weighted by Crippen LogP contribution is 2.30. The minimum atomic E-state index is 0.0265. The fourth-order valence-electron chi connectivity index (χ4n) is 2.73. The van der Waals surface area contributed by atoms with Crippen molar-refractivity contribution in [3.8, 4) is 0 Å². The molecule has 0 radical (unpaired) electrons. The van der Waals surface area contributed by atoms with E-state index in [4.69, 9.17) is 9.15 Å². The first-order chi connectivity index (χ1) is 9.26. The van der Waals surface area contributed by atoms with Crippen LogP contribution >= 0.6 is 0 Å². The molecule has 1 N–H and O–H groups in total. The maximum absolute atomic E-state index is 6.04. The average molecular weight is 259 g/mol. The third-order valence-corrected chi connectivity index (χ3v) is 4.34. The molecule has 1 aliphatic rings. The Bertz CT molecular complexity index is 514. The van der Waals surface area contributed by atoms with Gasteiger partial charge in [-0.1, -0.05) is 32.0 Å². The molecule has 3 nitrogen and oxygen atoms in total. The van der Waals surface area contributed by atoms with E-state index in [1.54, 1.807) is 0 Å². The van der Waals surface area contributed by atoms with Crippen molar-refractivity contribution >= 4 is 11.0 Å². The maximum Gasteiger partial charge on any atom is 0.135 e. The normalized spacial score (nSPS) is 22.7. The molecule has 102 valence electrons. The molecule has 1 aliphatic heterocycles. The molecule has 0 aliphatic carbocycles. The van der Waals surface area contributed by atoms with Crippen molar-refractivity contribution in [3.05, 3.63) is 36.1 Å². The summed E-state index contributed by atoms with van der Waals surface area (Å²) in [5, 5.41) is 4.78. The zero-order chi connectivity index (χ0) is 13.3. The van der Waals surface area contributed by atoms with Crippen LogP contribution in [0.4, 0.5) is 0 Å². The molecule has 3 rings (SSSR count). The van der Waals surface area contributed by atoms with E-state index in [-0.39, 0.29) is 11.6 Å². The fraction of sp³-hybridized carbons (Fsp3) is 0.500. The van der Waals surface area contributed by atoms with Crippen molar-refractivity contribution in [2.24, 2.45) is 0 Å². The Hall–Kier alpha value is -1.32. The summed E-state index contributed by atoms with van der Waals surface area (Å²) in [6.45, 7) is 5.99. The van der Waals surface area contributed by atoms with E-state index in [1.807, 2.05) is 18.2 Å². The molecule has 0 bridgehead atoms. The topological polar surface area (TPSA) is 34.4 Å². The van der Waals surface area contributed by atoms with Crippen LogP contribution in [0.25, 0.3) is 11.0 Å². The van der Waals surface area contributed by atoms with Crippen LogP contribution in [0.1, 0.15) is 38.6 Å². The zero-order valence-corrected chi connectivity index (χ0v) is 11.6. The number of para-hydroxylation sites is 1. The van der Waals surface area contributed by atoms with Crippen molar-refractivity contribution in [1.29, 1.82) is 0 Å². The van der Waals surface area contributed by atoms with Gasteiger partial charge in [-0.2, -0.15) is 0 Å². The number of ether oxygens (including phenoxy) is 1. The lowest BCUT2D eigenvalue weighted by Gasteiger charge is -2.39. The Morgan fingerprint density at radius 3 is 2.68 bits per heavy atom. The second kappa shape index (κ2) is 4.99. The molecule has 1 atom stereocenters. The Kier molecular flexibility index (Phi) is 3.33. The van der Waals surface area contributed by atoms with Gasteiger partial charge in [-0.05, 0) is 25.0 Å². The SMILES string of the molecule is CCC1(CC)COC(c2cc3ccccc3o2)CN1. The van der Waals surface area contributed by atoms with Gasteiger partial charge in [0.15, 0.2) is 0 Å². The van der Waals surface area contributed by atoms with Gasteiger partial charge in [0, 0.05) is 17.5 Å². The van der Waals surface area contributed by atoms with E-state index in [1.165, 1.54) is 0 Å². The summed E-state index contributed by atoms with van der Waals surface area (Å²) >= 11 is 0. The first kappa shape index (κ1) is 12.7. The molecule has 0 saturated carbocycles. The number of benzene rings is 1. The number of fused-ring (bicyclic) bond motifs is 1. The molecule has 1 saturated heterocycles. The summed E-state index contributed by atoms with van der Waals surface area (Å²) in [5.74, 6) is 0.925. The van der Waals surface area contributed by atoms with Gasteiger partial charge in [-0.25, -0.2) is 0 Å². The van der Waals surface area contributed by atoms with Crippen LogP contribution in [0, 0.1) is 0 Å². The second-order valence-corrected chi connectivity index (χ2v) is 5.35. The van der Waals surface area contributed by atoms with Crippen LogP contribution in [0.3, 0.4) is 0 Å². The van der Waals surface area contributed by atoms with Crippen LogP contribution in [0.5, 0.6) is 0 Å². The van der Waals surface area contributed by atoms with E-state index in [0.29, 0.717) is 0 Å². The molecule has 2 aromatic rings. The molecule has 1 fully saturated rings. The quantitative estimate of drug-likeness (QED) is 0.913. The third kappa shape index (κ3) is 2.28. The smallest absolute Gasteiger partial charge is 0.135 e. The van der Waals surface area contributed by atoms with Crippen LogP contribution < -0.4 is 5.32 Å². The summed E-state index contributed by atoms with van der Waals surface area (Å²) in [5.41, 5.74) is 1.08. The van der Waals surface area contributed by atoms with Gasteiger partial charge in [0.2, 0.25) is 0 Å². The molecule has 1 unspecified atom stereocenters. The Balaban J connectivity index is 1.78. The van der Waals surface area contributed by atoms with Gasteiger partial charge >= 0.3 is 0 Å². The minimum absolute atomic E-state index is 0.0265. The minimum Gasteiger partial charge on any atom is -0.458 e. The van der Waals surface area contributed by atoms with Crippen LogP contribution in [0.15, 0.2) is 34.7 Å². The molecule has 3 heteroatoms. The highest BCUT2D eigenvalue weighted by atomic mass is 16.5. The molecular weight excluding hydrogens is 238 g/mol. The van der Waals surface area contributed by atoms with E-state index >= 15 is 0 Å². The number of furan rings is 1. The largest absolute Gasteiger partial charge is 0.458 e. The Labute approximate surface area is 113 Å². The third-order valence-electron chi connectivity index (χ3n) is 4.34. The highest BCUT2D eigenvalue weighted by molar-refractivity contribution is 5.77. The standard InChI is InChI=1S/C16H21NO2/c1-3-16(4-2)11-18-15(10-17-16)14-9-12-7-5-6-8-13(12)19-14/h5-9,15,17H,3-4,10-11H2,1-2H3. The Morgan fingerprint density at radius 1 is 1.26 bits per heavy atom. The fourth-order valence-corrected chi connectivity index (χ4v) is 2.73. The zero-order valence-electron chi connectivity index (χ0n) is 11.6. The van der Waals surface area contributed by atoms with E-state index in [0.717, 1.165) is 42.7 Å². The first-order valence-corrected chi connectivity index (χ1v) is 7.11. The lowest BCUT2D eigenvalue weighted by Crippen LogP contribution is -2.54. The number of morpholine rings is 1. The van der Waals surface area contributed by atoms with Gasteiger partial charge in [-0.3, -0.25) is 0 Å². The molecule has 2 heterocycles. The number of hydrogen-bond acceptors (Lipinski definition) is 3. The van der Waals surface area contributed by atoms with E-state index in [9.17, 15) is 0 Å². The van der Waals surface area contributed by atoms with Gasteiger partial charge in [0.25, 0.3) is 0 Å². The summed E-state index contributed by atoms with van der Waals surface area (Å²) in [7, 11) is 0. The summed E-state index contributed by atoms with van der Waals surface area (Å²) in [4.78, 5) is 0. The van der Waals surface area contributed by atoms with Crippen molar-refractivity contribution in [3.63, 3.8) is 0 Å². The summed E-state index contributed by atoms with van der Waals surface area (Å²) in [6.07, 6.45) is 2.21. The second-order valence-electron chi connectivity index (χ2n) is 5.35. The van der Waals surface area contributed by atoms with Crippen LogP contribution in [-0.2, 0) is 4.74 Å². The highest BCUT2D eigenvalue weighted by Gasteiger charge is 2.34. The molecule has 0 spiro atoms. The van der Waals surface area contributed by atoms with E-state index < -0.39 is 0 Å². The van der Waals surface area contributed by atoms with Crippen molar-refractivity contribution < 1.29 is 9.15 Å². The van der Waals surface area contributed by atoms with Crippen molar-refractivity contribution in [2.75, 3.05) is 13.2 Å². The van der Waals surface area contributed by atoms with Gasteiger partial charge in [0.1, 0.15) is 17.4 Å². The van der Waals surface area contributed by atoms with Gasteiger partial charge < -0.3 is 14.5 Å². The summed E-state index contributed by atoms with van der Waals surface area (Å²) < 4.78 is 11.9. The Morgan fingerprint density at radius 2 is 2.05 bits per heavy atom. The molecule has 1 aromatic heterocycles. The monoisotopic (exact) mass is 259 g/mol. The molecular formula is C16H21NO2. The van der Waals surface area contributed by atoms with Gasteiger partial charge in [-0.15, -0.1) is 0 Å². The molecule has 1 aromatic carbocycles.